The van der Waals surface area contributed by atoms with Crippen LogP contribution in [0.2, 0.25) is 0 Å². The van der Waals surface area contributed by atoms with Crippen molar-refractivity contribution in [3.63, 3.8) is 0 Å². The highest BCUT2D eigenvalue weighted by Crippen LogP contribution is 2.46. The van der Waals surface area contributed by atoms with E-state index in [1.54, 1.807) is 0 Å². The Morgan fingerprint density at radius 1 is 1.11 bits per heavy atom. The van der Waals surface area contributed by atoms with E-state index in [-0.39, 0.29) is 0 Å². The summed E-state index contributed by atoms with van der Waals surface area (Å²) in [5.74, 6) is 2.98. The van der Waals surface area contributed by atoms with Gasteiger partial charge in [-0.15, -0.1) is 0 Å². The van der Waals surface area contributed by atoms with E-state index < -0.39 is 0 Å². The first-order valence-electron chi connectivity index (χ1n) is 7.60. The van der Waals surface area contributed by atoms with Crippen molar-refractivity contribution in [3.05, 3.63) is 35.9 Å². The van der Waals surface area contributed by atoms with Crippen molar-refractivity contribution in [2.45, 2.75) is 51.6 Å². The third kappa shape index (κ3) is 2.61. The summed E-state index contributed by atoms with van der Waals surface area (Å²) in [6, 6.07) is 11.5. The zero-order valence-corrected chi connectivity index (χ0v) is 11.4. The molecular weight excluding hydrogens is 218 g/mol. The van der Waals surface area contributed by atoms with Gasteiger partial charge in [-0.05, 0) is 49.5 Å². The third-order valence-electron chi connectivity index (χ3n) is 5.22. The van der Waals surface area contributed by atoms with Crippen LogP contribution in [0.1, 0.15) is 44.6 Å². The Balaban J connectivity index is 1.54. The molecular formula is C17H25N. The molecule has 1 nitrogen and oxygen atoms in total. The van der Waals surface area contributed by atoms with Gasteiger partial charge in [-0.3, -0.25) is 0 Å². The molecule has 0 aromatic heterocycles. The van der Waals surface area contributed by atoms with Gasteiger partial charge in [0.05, 0.1) is 0 Å². The SMILES string of the molecule is CC(NCc1ccccc1)C1CC2CCC1CC2. The second kappa shape index (κ2) is 5.44. The van der Waals surface area contributed by atoms with E-state index in [2.05, 4.69) is 42.6 Å². The van der Waals surface area contributed by atoms with Gasteiger partial charge in [0.1, 0.15) is 0 Å². The summed E-state index contributed by atoms with van der Waals surface area (Å²) < 4.78 is 0. The molecule has 0 saturated heterocycles. The molecule has 1 heteroatoms. The van der Waals surface area contributed by atoms with Gasteiger partial charge in [0.2, 0.25) is 0 Å². The van der Waals surface area contributed by atoms with E-state index in [1.807, 2.05) is 0 Å². The molecule has 1 aromatic carbocycles. The summed E-state index contributed by atoms with van der Waals surface area (Å²) in [5, 5.41) is 3.75. The van der Waals surface area contributed by atoms with Gasteiger partial charge >= 0.3 is 0 Å². The molecule has 3 fully saturated rings. The smallest absolute Gasteiger partial charge is 0.0208 e. The molecule has 2 unspecified atom stereocenters. The van der Waals surface area contributed by atoms with Crippen molar-refractivity contribution in [1.29, 1.82) is 0 Å². The van der Waals surface area contributed by atoms with Gasteiger partial charge in [-0.1, -0.05) is 43.2 Å². The lowest BCUT2D eigenvalue weighted by molar-refractivity contribution is 0.0749. The summed E-state index contributed by atoms with van der Waals surface area (Å²) in [4.78, 5) is 0. The van der Waals surface area contributed by atoms with Gasteiger partial charge in [-0.25, -0.2) is 0 Å². The van der Waals surface area contributed by atoms with Gasteiger partial charge in [0, 0.05) is 12.6 Å². The Bertz CT molecular complexity index is 364. The normalized spacial score (nSPS) is 32.4. The van der Waals surface area contributed by atoms with Crippen LogP contribution >= 0.6 is 0 Å². The lowest BCUT2D eigenvalue weighted by atomic mass is 9.63. The Kier molecular flexibility index (Phi) is 3.69. The molecule has 0 spiro atoms. The molecule has 98 valence electrons. The van der Waals surface area contributed by atoms with Crippen molar-refractivity contribution in [2.24, 2.45) is 17.8 Å². The van der Waals surface area contributed by atoms with E-state index in [1.165, 1.54) is 37.7 Å². The molecule has 0 radical (unpaired) electrons. The minimum absolute atomic E-state index is 0.679. The number of rotatable bonds is 4. The average molecular weight is 243 g/mol. The zero-order valence-electron chi connectivity index (χ0n) is 11.4. The first-order chi connectivity index (χ1) is 8.83. The number of hydrogen-bond donors (Lipinski definition) is 1. The average Bonchev–Trinajstić information content (AvgIpc) is 2.47. The van der Waals surface area contributed by atoms with Crippen LogP contribution in [0.4, 0.5) is 0 Å². The Morgan fingerprint density at radius 3 is 2.44 bits per heavy atom. The standard InChI is InChI=1S/C17H25N/c1-13(18-12-15-5-3-2-4-6-15)17-11-14-7-9-16(17)10-8-14/h2-6,13-14,16-18H,7-12H2,1H3. The van der Waals surface area contributed by atoms with Crippen molar-refractivity contribution < 1.29 is 0 Å². The summed E-state index contributed by atoms with van der Waals surface area (Å²) in [5.41, 5.74) is 1.41. The maximum absolute atomic E-state index is 3.75. The fourth-order valence-electron chi connectivity index (χ4n) is 4.07. The second-order valence-corrected chi connectivity index (χ2v) is 6.34. The second-order valence-electron chi connectivity index (χ2n) is 6.34. The number of fused-ring (bicyclic) bond motifs is 3. The molecule has 1 N–H and O–H groups in total. The summed E-state index contributed by atoms with van der Waals surface area (Å²) in [6.45, 7) is 3.42. The molecule has 2 bridgehead atoms. The summed E-state index contributed by atoms with van der Waals surface area (Å²) in [7, 11) is 0. The van der Waals surface area contributed by atoms with Crippen LogP contribution in [0.25, 0.3) is 0 Å². The largest absolute Gasteiger partial charge is 0.310 e. The minimum Gasteiger partial charge on any atom is -0.310 e. The van der Waals surface area contributed by atoms with Gasteiger partial charge < -0.3 is 5.32 Å². The third-order valence-corrected chi connectivity index (χ3v) is 5.22. The molecule has 0 amide bonds. The maximum atomic E-state index is 3.75. The van der Waals surface area contributed by atoms with Crippen molar-refractivity contribution in [1.82, 2.24) is 5.32 Å². The highest BCUT2D eigenvalue weighted by molar-refractivity contribution is 5.14. The predicted molar refractivity (Wildman–Crippen MR) is 76.3 cm³/mol. The Labute approximate surface area is 111 Å². The first-order valence-corrected chi connectivity index (χ1v) is 7.60. The van der Waals surface area contributed by atoms with Gasteiger partial charge in [-0.2, -0.15) is 0 Å². The molecule has 0 heterocycles. The summed E-state index contributed by atoms with van der Waals surface area (Å²) >= 11 is 0. The fourth-order valence-corrected chi connectivity index (χ4v) is 4.07. The Morgan fingerprint density at radius 2 is 1.83 bits per heavy atom. The monoisotopic (exact) mass is 243 g/mol. The fraction of sp³-hybridized carbons (Fsp3) is 0.647. The van der Waals surface area contributed by atoms with Gasteiger partial charge in [0.25, 0.3) is 0 Å². The first kappa shape index (κ1) is 12.2. The van der Waals surface area contributed by atoms with Crippen molar-refractivity contribution >= 4 is 0 Å². The van der Waals surface area contributed by atoms with Gasteiger partial charge in [0.15, 0.2) is 0 Å². The molecule has 0 aliphatic heterocycles. The number of nitrogens with one attached hydrogen (secondary N) is 1. The lowest BCUT2D eigenvalue weighted by Crippen LogP contribution is -2.43. The van der Waals surface area contributed by atoms with E-state index in [0.29, 0.717) is 6.04 Å². The molecule has 2 atom stereocenters. The highest BCUT2D eigenvalue weighted by atomic mass is 14.9. The molecule has 3 aliphatic rings. The van der Waals surface area contributed by atoms with Crippen LogP contribution in [0.3, 0.4) is 0 Å². The molecule has 1 aromatic rings. The minimum atomic E-state index is 0.679. The van der Waals surface area contributed by atoms with E-state index in [0.717, 1.165) is 24.3 Å². The molecule has 3 aliphatic carbocycles. The topological polar surface area (TPSA) is 12.0 Å². The van der Waals surface area contributed by atoms with Crippen LogP contribution in [-0.4, -0.2) is 6.04 Å². The number of hydrogen-bond acceptors (Lipinski definition) is 1. The summed E-state index contributed by atoms with van der Waals surface area (Å²) in [6.07, 6.45) is 7.48. The van der Waals surface area contributed by atoms with Crippen molar-refractivity contribution in [2.75, 3.05) is 0 Å². The van der Waals surface area contributed by atoms with Crippen LogP contribution in [-0.2, 0) is 6.54 Å². The number of benzene rings is 1. The highest BCUT2D eigenvalue weighted by Gasteiger charge is 2.37. The molecule has 18 heavy (non-hydrogen) atoms. The van der Waals surface area contributed by atoms with Crippen LogP contribution in [0, 0.1) is 17.8 Å². The predicted octanol–water partition coefficient (Wildman–Crippen LogP) is 3.99. The van der Waals surface area contributed by atoms with Crippen LogP contribution in [0.5, 0.6) is 0 Å². The quantitative estimate of drug-likeness (QED) is 0.843. The Hall–Kier alpha value is -0.820. The van der Waals surface area contributed by atoms with E-state index in [9.17, 15) is 0 Å². The molecule has 3 saturated carbocycles. The van der Waals surface area contributed by atoms with Crippen LogP contribution < -0.4 is 5.32 Å². The van der Waals surface area contributed by atoms with E-state index >= 15 is 0 Å². The van der Waals surface area contributed by atoms with Crippen LogP contribution in [0.15, 0.2) is 30.3 Å². The van der Waals surface area contributed by atoms with E-state index in [4.69, 9.17) is 0 Å². The lowest BCUT2D eigenvalue weighted by Gasteiger charge is -2.45. The maximum Gasteiger partial charge on any atom is 0.0208 e. The van der Waals surface area contributed by atoms with Crippen molar-refractivity contribution in [3.8, 4) is 0 Å². The molecule has 4 rings (SSSR count). The zero-order chi connectivity index (χ0) is 12.4.